The van der Waals surface area contributed by atoms with Gasteiger partial charge in [-0.1, -0.05) is 12.1 Å². The summed E-state index contributed by atoms with van der Waals surface area (Å²) in [6.07, 6.45) is 0.913. The SMILES string of the molecule is O=C(NO)c1cc2c(s1)CN(Cc1cccc3nsnc13)CC2. The van der Waals surface area contributed by atoms with Crippen molar-refractivity contribution in [2.24, 2.45) is 0 Å². The Morgan fingerprint density at radius 1 is 1.39 bits per heavy atom. The van der Waals surface area contributed by atoms with Crippen LogP contribution in [0.25, 0.3) is 11.0 Å². The number of fused-ring (bicyclic) bond motifs is 2. The predicted molar refractivity (Wildman–Crippen MR) is 88.8 cm³/mol. The van der Waals surface area contributed by atoms with E-state index in [9.17, 15) is 4.79 Å². The Kier molecular flexibility index (Phi) is 3.82. The van der Waals surface area contributed by atoms with Gasteiger partial charge in [0.2, 0.25) is 0 Å². The quantitative estimate of drug-likeness (QED) is 0.562. The highest BCUT2D eigenvalue weighted by Crippen LogP contribution is 2.29. The molecule has 1 aliphatic rings. The lowest BCUT2D eigenvalue weighted by atomic mass is 10.1. The maximum absolute atomic E-state index is 11.5. The van der Waals surface area contributed by atoms with Gasteiger partial charge in [-0.2, -0.15) is 8.75 Å². The number of nitrogens with one attached hydrogen (secondary N) is 1. The third kappa shape index (κ3) is 2.74. The van der Waals surface area contributed by atoms with Crippen molar-refractivity contribution in [1.82, 2.24) is 19.1 Å². The lowest BCUT2D eigenvalue weighted by Gasteiger charge is -2.26. The van der Waals surface area contributed by atoms with E-state index in [0.717, 1.165) is 37.1 Å². The van der Waals surface area contributed by atoms with Crippen molar-refractivity contribution >= 4 is 40.0 Å². The third-order valence-electron chi connectivity index (χ3n) is 4.05. The molecule has 0 aliphatic carbocycles. The molecule has 0 saturated heterocycles. The van der Waals surface area contributed by atoms with Gasteiger partial charge in [-0.05, 0) is 29.7 Å². The standard InChI is InChI=1S/C15H14N4O2S2/c20-15(16-21)12-6-9-4-5-19(8-13(9)22-12)7-10-2-1-3-11-14(10)18-23-17-11/h1-3,6,21H,4-5,7-8H2,(H,16,20). The van der Waals surface area contributed by atoms with Crippen molar-refractivity contribution < 1.29 is 10.0 Å². The Morgan fingerprint density at radius 2 is 2.30 bits per heavy atom. The monoisotopic (exact) mass is 346 g/mol. The lowest BCUT2D eigenvalue weighted by molar-refractivity contribution is 0.0711. The number of hydrogen-bond acceptors (Lipinski definition) is 7. The van der Waals surface area contributed by atoms with E-state index in [0.29, 0.717) is 4.88 Å². The van der Waals surface area contributed by atoms with Crippen molar-refractivity contribution in [2.75, 3.05) is 6.54 Å². The summed E-state index contributed by atoms with van der Waals surface area (Å²) in [6.45, 7) is 2.58. The third-order valence-corrected chi connectivity index (χ3v) is 5.75. The van der Waals surface area contributed by atoms with E-state index in [-0.39, 0.29) is 0 Å². The molecule has 0 atom stereocenters. The highest BCUT2D eigenvalue weighted by Gasteiger charge is 2.22. The summed E-state index contributed by atoms with van der Waals surface area (Å²) in [7, 11) is 0. The lowest BCUT2D eigenvalue weighted by Crippen LogP contribution is -2.29. The molecule has 3 aromatic rings. The van der Waals surface area contributed by atoms with Crippen molar-refractivity contribution in [3.05, 3.63) is 45.1 Å². The van der Waals surface area contributed by atoms with Gasteiger partial charge in [0, 0.05) is 24.5 Å². The van der Waals surface area contributed by atoms with Crippen molar-refractivity contribution in [2.45, 2.75) is 19.5 Å². The summed E-state index contributed by atoms with van der Waals surface area (Å²) in [5, 5.41) is 8.76. The molecule has 3 heterocycles. The highest BCUT2D eigenvalue weighted by molar-refractivity contribution is 7.14. The Bertz CT molecular complexity index is 873. The first kappa shape index (κ1) is 14.7. The molecule has 2 N–H and O–H groups in total. The number of benzene rings is 1. The zero-order valence-corrected chi connectivity index (χ0v) is 13.8. The molecule has 0 saturated carbocycles. The van der Waals surface area contributed by atoms with E-state index in [1.807, 2.05) is 18.2 Å². The molecule has 0 bridgehead atoms. The van der Waals surface area contributed by atoms with Gasteiger partial charge in [0.1, 0.15) is 11.0 Å². The largest absolute Gasteiger partial charge is 0.294 e. The molecule has 0 unspecified atom stereocenters. The van der Waals surface area contributed by atoms with Gasteiger partial charge in [0.05, 0.1) is 16.6 Å². The first-order valence-electron chi connectivity index (χ1n) is 7.23. The first-order chi connectivity index (χ1) is 11.2. The van der Waals surface area contributed by atoms with E-state index in [2.05, 4.69) is 19.7 Å². The molecule has 4 rings (SSSR count). The molecule has 6 nitrogen and oxygen atoms in total. The van der Waals surface area contributed by atoms with Gasteiger partial charge in [-0.15, -0.1) is 11.3 Å². The minimum Gasteiger partial charge on any atom is -0.294 e. The van der Waals surface area contributed by atoms with Crippen LogP contribution in [-0.2, 0) is 19.5 Å². The average Bonchev–Trinajstić information content (AvgIpc) is 3.20. The van der Waals surface area contributed by atoms with Crippen LogP contribution in [0.3, 0.4) is 0 Å². The van der Waals surface area contributed by atoms with E-state index in [1.165, 1.54) is 39.1 Å². The highest BCUT2D eigenvalue weighted by atomic mass is 32.1. The maximum Gasteiger partial charge on any atom is 0.284 e. The Hall–Kier alpha value is -1.87. The minimum absolute atomic E-state index is 0.436. The number of carbonyl (C=O) groups is 1. The van der Waals surface area contributed by atoms with Crippen LogP contribution < -0.4 is 5.48 Å². The summed E-state index contributed by atoms with van der Waals surface area (Å²) in [5.74, 6) is -0.436. The van der Waals surface area contributed by atoms with Crippen LogP contribution in [0.15, 0.2) is 24.3 Å². The van der Waals surface area contributed by atoms with Gasteiger partial charge >= 0.3 is 0 Å². The Morgan fingerprint density at radius 3 is 3.17 bits per heavy atom. The average molecular weight is 346 g/mol. The molecule has 0 radical (unpaired) electrons. The van der Waals surface area contributed by atoms with Crippen molar-refractivity contribution in [3.63, 3.8) is 0 Å². The molecule has 1 aliphatic heterocycles. The van der Waals surface area contributed by atoms with Gasteiger partial charge in [0.15, 0.2) is 0 Å². The van der Waals surface area contributed by atoms with E-state index >= 15 is 0 Å². The second-order valence-electron chi connectivity index (χ2n) is 5.51. The molecule has 1 aromatic carbocycles. The molecule has 23 heavy (non-hydrogen) atoms. The zero-order chi connectivity index (χ0) is 15.8. The fourth-order valence-corrected chi connectivity index (χ4v) is 4.62. The number of amides is 1. The summed E-state index contributed by atoms with van der Waals surface area (Å²) in [5.41, 5.74) is 6.02. The topological polar surface area (TPSA) is 78.4 Å². The molecule has 8 heteroatoms. The van der Waals surface area contributed by atoms with Crippen LogP contribution in [0, 0.1) is 0 Å². The molecular weight excluding hydrogens is 332 g/mol. The van der Waals surface area contributed by atoms with E-state index in [4.69, 9.17) is 5.21 Å². The second kappa shape index (κ2) is 5.97. The molecule has 0 fully saturated rings. The van der Waals surface area contributed by atoms with Crippen LogP contribution in [-0.4, -0.2) is 31.3 Å². The van der Waals surface area contributed by atoms with E-state index < -0.39 is 5.91 Å². The second-order valence-corrected chi connectivity index (χ2v) is 7.17. The van der Waals surface area contributed by atoms with Crippen LogP contribution in [0.1, 0.15) is 25.7 Å². The Labute approximate surface area is 140 Å². The van der Waals surface area contributed by atoms with Gasteiger partial charge in [-0.3, -0.25) is 14.9 Å². The maximum atomic E-state index is 11.5. The Balaban J connectivity index is 1.55. The number of hydroxylamine groups is 1. The van der Waals surface area contributed by atoms with Crippen LogP contribution in [0.5, 0.6) is 0 Å². The van der Waals surface area contributed by atoms with Gasteiger partial charge in [-0.25, -0.2) is 5.48 Å². The number of carbonyl (C=O) groups excluding carboxylic acids is 1. The van der Waals surface area contributed by atoms with Crippen LogP contribution in [0.4, 0.5) is 0 Å². The van der Waals surface area contributed by atoms with Crippen molar-refractivity contribution in [1.29, 1.82) is 0 Å². The number of nitrogens with zero attached hydrogens (tertiary/aromatic N) is 3. The summed E-state index contributed by atoms with van der Waals surface area (Å²) < 4.78 is 8.68. The molecule has 1 amide bonds. The number of aromatic nitrogens is 2. The molecule has 0 spiro atoms. The van der Waals surface area contributed by atoms with Crippen LogP contribution in [0.2, 0.25) is 0 Å². The fraction of sp³-hybridized carbons (Fsp3) is 0.267. The fourth-order valence-electron chi connectivity index (χ4n) is 2.91. The molecule has 118 valence electrons. The summed E-state index contributed by atoms with van der Waals surface area (Å²) in [6, 6.07) is 7.98. The number of rotatable bonds is 3. The molecule has 2 aromatic heterocycles. The summed E-state index contributed by atoms with van der Waals surface area (Å²) >= 11 is 2.69. The zero-order valence-electron chi connectivity index (χ0n) is 12.2. The smallest absolute Gasteiger partial charge is 0.284 e. The summed E-state index contributed by atoms with van der Waals surface area (Å²) in [4.78, 5) is 15.7. The predicted octanol–water partition coefficient (Wildman–Crippen LogP) is 2.43. The minimum atomic E-state index is -0.436. The first-order valence-corrected chi connectivity index (χ1v) is 8.78. The van der Waals surface area contributed by atoms with Gasteiger partial charge in [0.25, 0.3) is 5.91 Å². The van der Waals surface area contributed by atoms with Gasteiger partial charge < -0.3 is 0 Å². The normalized spacial score (nSPS) is 14.8. The number of thiophene rings is 1. The molecular formula is C15H14N4O2S2. The number of hydrogen-bond donors (Lipinski definition) is 2. The van der Waals surface area contributed by atoms with Crippen molar-refractivity contribution in [3.8, 4) is 0 Å². The van der Waals surface area contributed by atoms with E-state index in [1.54, 1.807) is 5.48 Å². The van der Waals surface area contributed by atoms with Crippen LogP contribution >= 0.6 is 23.1 Å².